The number of nitrogens with zero attached hydrogens (tertiary/aromatic N) is 1. The monoisotopic (exact) mass is 175 g/mol. The number of aliphatic hydroxyl groups excluding tert-OH is 1. The van der Waals surface area contributed by atoms with Gasteiger partial charge in [-0.2, -0.15) is 0 Å². The Morgan fingerprint density at radius 2 is 2.08 bits per heavy atom. The van der Waals surface area contributed by atoms with Gasteiger partial charge in [0.15, 0.2) is 0 Å². The van der Waals surface area contributed by atoms with Crippen LogP contribution in [0, 0.1) is 0 Å². The lowest BCUT2D eigenvalue weighted by molar-refractivity contribution is 0.212. The molecular formula is C11H13NO. The van der Waals surface area contributed by atoms with Gasteiger partial charge in [-0.1, -0.05) is 6.08 Å². The Labute approximate surface area is 77.9 Å². The number of hydrogen-bond donors (Lipinski definition) is 1. The summed E-state index contributed by atoms with van der Waals surface area (Å²) in [6.07, 6.45) is 8.48. The first-order valence-electron chi connectivity index (χ1n) is 4.65. The van der Waals surface area contributed by atoms with Gasteiger partial charge in [-0.25, -0.2) is 0 Å². The summed E-state index contributed by atoms with van der Waals surface area (Å²) in [5.41, 5.74) is 2.11. The largest absolute Gasteiger partial charge is 0.384 e. The molecular weight excluding hydrogens is 162 g/mol. The van der Waals surface area contributed by atoms with Gasteiger partial charge < -0.3 is 5.11 Å². The lowest BCUT2D eigenvalue weighted by Gasteiger charge is -2.11. The van der Waals surface area contributed by atoms with E-state index in [-0.39, 0.29) is 0 Å². The maximum atomic E-state index is 9.92. The molecule has 0 radical (unpaired) electrons. The summed E-state index contributed by atoms with van der Waals surface area (Å²) in [5, 5.41) is 9.92. The van der Waals surface area contributed by atoms with Crippen molar-refractivity contribution in [2.24, 2.45) is 0 Å². The maximum absolute atomic E-state index is 9.92. The second-order valence-electron chi connectivity index (χ2n) is 3.35. The van der Waals surface area contributed by atoms with Gasteiger partial charge in [0.05, 0.1) is 0 Å². The van der Waals surface area contributed by atoms with E-state index in [0.29, 0.717) is 0 Å². The molecule has 2 rings (SSSR count). The van der Waals surface area contributed by atoms with Crippen LogP contribution in [0.5, 0.6) is 0 Å². The molecule has 1 atom stereocenters. The molecule has 0 aliphatic heterocycles. The fraction of sp³-hybridized carbons (Fsp3) is 0.364. The molecule has 1 aliphatic rings. The van der Waals surface area contributed by atoms with Crippen LogP contribution in [0.3, 0.4) is 0 Å². The lowest BCUT2D eigenvalue weighted by atomic mass is 10.0. The fourth-order valence-corrected chi connectivity index (χ4v) is 1.70. The molecule has 2 nitrogen and oxygen atoms in total. The summed E-state index contributed by atoms with van der Waals surface area (Å²) in [7, 11) is 0. The SMILES string of the molecule is OC(C1=CCCC1)c1ccncc1. The van der Waals surface area contributed by atoms with E-state index in [2.05, 4.69) is 11.1 Å². The van der Waals surface area contributed by atoms with Crippen molar-refractivity contribution < 1.29 is 5.11 Å². The van der Waals surface area contributed by atoms with Crippen molar-refractivity contribution >= 4 is 0 Å². The van der Waals surface area contributed by atoms with Crippen molar-refractivity contribution in [1.29, 1.82) is 0 Å². The zero-order chi connectivity index (χ0) is 9.10. The summed E-state index contributed by atoms with van der Waals surface area (Å²) in [6.45, 7) is 0. The van der Waals surface area contributed by atoms with Crippen LogP contribution in [0.25, 0.3) is 0 Å². The van der Waals surface area contributed by atoms with Crippen molar-refractivity contribution in [3.63, 3.8) is 0 Å². The average molecular weight is 175 g/mol. The van der Waals surface area contributed by atoms with Crippen LogP contribution >= 0.6 is 0 Å². The standard InChI is InChI=1S/C11H13NO/c13-11(9-3-1-2-4-9)10-5-7-12-8-6-10/h3,5-8,11,13H,1-2,4H2. The van der Waals surface area contributed by atoms with E-state index in [1.54, 1.807) is 12.4 Å². The van der Waals surface area contributed by atoms with Crippen LogP contribution in [0.1, 0.15) is 30.9 Å². The van der Waals surface area contributed by atoms with E-state index >= 15 is 0 Å². The van der Waals surface area contributed by atoms with E-state index in [1.807, 2.05) is 12.1 Å². The lowest BCUT2D eigenvalue weighted by Crippen LogP contribution is -1.99. The zero-order valence-electron chi connectivity index (χ0n) is 7.48. The van der Waals surface area contributed by atoms with E-state index < -0.39 is 6.10 Å². The molecule has 1 N–H and O–H groups in total. The quantitative estimate of drug-likeness (QED) is 0.699. The molecule has 0 bridgehead atoms. The number of aromatic nitrogens is 1. The zero-order valence-corrected chi connectivity index (χ0v) is 7.48. The molecule has 1 aliphatic carbocycles. The van der Waals surface area contributed by atoms with E-state index in [9.17, 15) is 5.11 Å². The van der Waals surface area contributed by atoms with Gasteiger partial charge in [0.2, 0.25) is 0 Å². The highest BCUT2D eigenvalue weighted by atomic mass is 16.3. The molecule has 0 fully saturated rings. The van der Waals surface area contributed by atoms with Crippen molar-refractivity contribution in [1.82, 2.24) is 4.98 Å². The number of rotatable bonds is 2. The highest BCUT2D eigenvalue weighted by molar-refractivity contribution is 5.25. The van der Waals surface area contributed by atoms with Gasteiger partial charge in [0.1, 0.15) is 6.10 Å². The topological polar surface area (TPSA) is 33.1 Å². The molecule has 68 valence electrons. The van der Waals surface area contributed by atoms with Gasteiger partial charge in [-0.05, 0) is 42.5 Å². The average Bonchev–Trinajstić information content (AvgIpc) is 2.71. The second kappa shape index (κ2) is 3.71. The van der Waals surface area contributed by atoms with Crippen LogP contribution < -0.4 is 0 Å². The molecule has 1 aromatic rings. The summed E-state index contributed by atoms with van der Waals surface area (Å²) in [6, 6.07) is 3.73. The minimum atomic E-state index is -0.412. The summed E-state index contributed by atoms with van der Waals surface area (Å²) in [5.74, 6) is 0. The van der Waals surface area contributed by atoms with E-state index in [1.165, 1.54) is 6.42 Å². The fourth-order valence-electron chi connectivity index (χ4n) is 1.70. The van der Waals surface area contributed by atoms with Crippen LogP contribution in [0.15, 0.2) is 36.2 Å². The van der Waals surface area contributed by atoms with Crippen LogP contribution in [0.2, 0.25) is 0 Å². The Kier molecular flexibility index (Phi) is 2.41. The van der Waals surface area contributed by atoms with Crippen molar-refractivity contribution in [3.05, 3.63) is 41.7 Å². The van der Waals surface area contributed by atoms with Crippen molar-refractivity contribution in [2.45, 2.75) is 25.4 Å². The number of aliphatic hydroxyl groups is 1. The first-order chi connectivity index (χ1) is 6.38. The third-order valence-electron chi connectivity index (χ3n) is 2.45. The van der Waals surface area contributed by atoms with Gasteiger partial charge in [-0.3, -0.25) is 4.98 Å². The van der Waals surface area contributed by atoms with Crippen molar-refractivity contribution in [2.75, 3.05) is 0 Å². The van der Waals surface area contributed by atoms with E-state index in [0.717, 1.165) is 24.0 Å². The van der Waals surface area contributed by atoms with Crippen LogP contribution in [-0.4, -0.2) is 10.1 Å². The van der Waals surface area contributed by atoms with Gasteiger partial charge >= 0.3 is 0 Å². The molecule has 2 heteroatoms. The Morgan fingerprint density at radius 1 is 1.31 bits per heavy atom. The van der Waals surface area contributed by atoms with Gasteiger partial charge in [0, 0.05) is 12.4 Å². The molecule has 1 aromatic heterocycles. The Balaban J connectivity index is 2.17. The summed E-state index contributed by atoms with van der Waals surface area (Å²) >= 11 is 0. The maximum Gasteiger partial charge on any atom is 0.100 e. The highest BCUT2D eigenvalue weighted by Gasteiger charge is 2.15. The minimum absolute atomic E-state index is 0.412. The molecule has 0 amide bonds. The molecule has 0 saturated heterocycles. The molecule has 0 aromatic carbocycles. The predicted octanol–water partition coefficient (Wildman–Crippen LogP) is 2.23. The Hall–Kier alpha value is -1.15. The van der Waals surface area contributed by atoms with E-state index in [4.69, 9.17) is 0 Å². The first-order valence-corrected chi connectivity index (χ1v) is 4.65. The smallest absolute Gasteiger partial charge is 0.100 e. The molecule has 0 spiro atoms. The Bertz CT molecular complexity index is 305. The second-order valence-corrected chi connectivity index (χ2v) is 3.35. The molecule has 13 heavy (non-hydrogen) atoms. The molecule has 1 heterocycles. The minimum Gasteiger partial charge on any atom is -0.384 e. The highest BCUT2D eigenvalue weighted by Crippen LogP contribution is 2.29. The van der Waals surface area contributed by atoms with Crippen LogP contribution in [-0.2, 0) is 0 Å². The number of hydrogen-bond acceptors (Lipinski definition) is 2. The third kappa shape index (κ3) is 1.78. The normalized spacial score (nSPS) is 18.4. The predicted molar refractivity (Wildman–Crippen MR) is 51.1 cm³/mol. The molecule has 0 saturated carbocycles. The van der Waals surface area contributed by atoms with Crippen molar-refractivity contribution in [3.8, 4) is 0 Å². The van der Waals surface area contributed by atoms with Gasteiger partial charge in [0.25, 0.3) is 0 Å². The van der Waals surface area contributed by atoms with Crippen LogP contribution in [0.4, 0.5) is 0 Å². The summed E-state index contributed by atoms with van der Waals surface area (Å²) in [4.78, 5) is 3.92. The molecule has 1 unspecified atom stereocenters. The number of allylic oxidation sites excluding steroid dienone is 1. The number of pyridine rings is 1. The third-order valence-corrected chi connectivity index (χ3v) is 2.45. The summed E-state index contributed by atoms with van der Waals surface area (Å²) < 4.78 is 0. The Morgan fingerprint density at radius 3 is 2.69 bits per heavy atom. The first kappa shape index (κ1) is 8.45. The van der Waals surface area contributed by atoms with Gasteiger partial charge in [-0.15, -0.1) is 0 Å².